The van der Waals surface area contributed by atoms with Gasteiger partial charge in [0.1, 0.15) is 0 Å². The van der Waals surface area contributed by atoms with Gasteiger partial charge in [-0.3, -0.25) is 0 Å². The zero-order valence-electron chi connectivity index (χ0n) is 15.7. The molecule has 1 atom stereocenters. The van der Waals surface area contributed by atoms with Crippen molar-refractivity contribution in [3.8, 4) is 0 Å². The Hall–Kier alpha value is -1.80. The van der Waals surface area contributed by atoms with E-state index in [9.17, 15) is 0 Å². The molecule has 4 aromatic rings. The molecule has 4 heteroatoms. The van der Waals surface area contributed by atoms with Crippen LogP contribution in [0.5, 0.6) is 0 Å². The van der Waals surface area contributed by atoms with Crippen molar-refractivity contribution in [2.45, 2.75) is 6.04 Å². The average Bonchev–Trinajstić information content (AvgIpc) is 3.50. The Bertz CT molecular complexity index is 654. The van der Waals surface area contributed by atoms with E-state index in [1.54, 1.807) is 0 Å². The van der Waals surface area contributed by atoms with Gasteiger partial charge in [-0.1, -0.05) is 5.69 Å². The minimum absolute atomic E-state index is 0. The van der Waals surface area contributed by atoms with Crippen LogP contribution in [0.15, 0.2) is 109 Å². The monoisotopic (exact) mass is 454 g/mol. The van der Waals surface area contributed by atoms with Crippen LogP contribution in [-0.2, 0) is 34.1 Å². The molecule has 1 unspecified atom stereocenters. The molecule has 5 rings (SSSR count). The quantitative estimate of drug-likeness (QED) is 0.336. The molecule has 0 spiro atoms. The summed E-state index contributed by atoms with van der Waals surface area (Å²) in [5.74, 6) is 0. The third-order valence-corrected chi connectivity index (χ3v) is 4.40. The number of anilines is 1. The van der Waals surface area contributed by atoms with Crippen LogP contribution in [0.3, 0.4) is 0 Å². The maximum atomic E-state index is 3.47. The minimum Gasteiger partial charge on any atom is -0.748 e. The molecule has 1 aliphatic heterocycles. The molecule has 1 heterocycles. The van der Waals surface area contributed by atoms with Crippen molar-refractivity contribution < 1.29 is 34.1 Å². The molecule has 1 fully saturated rings. The molecule has 0 aliphatic carbocycles. The maximum Gasteiger partial charge on any atom is 0.0182 e. The summed E-state index contributed by atoms with van der Waals surface area (Å²) >= 11 is 0. The maximum absolute atomic E-state index is 3.47. The second-order valence-corrected chi connectivity index (χ2v) is 6.20. The van der Waals surface area contributed by atoms with Crippen LogP contribution in [-0.4, -0.2) is 19.6 Å². The first-order chi connectivity index (χ1) is 12.9. The van der Waals surface area contributed by atoms with E-state index in [2.05, 4.69) is 58.7 Å². The molecule has 0 aromatic heterocycles. The topological polar surface area (TPSA) is 15.3 Å². The van der Waals surface area contributed by atoms with E-state index in [-0.39, 0.29) is 34.1 Å². The molecule has 0 saturated carbocycles. The molecule has 0 amide bonds. The van der Waals surface area contributed by atoms with E-state index < -0.39 is 0 Å². The Labute approximate surface area is 190 Å². The molecule has 0 radical (unpaired) electrons. The Balaban J connectivity index is 0.000000271. The van der Waals surface area contributed by atoms with E-state index in [1.165, 1.54) is 11.3 Å². The van der Waals surface area contributed by atoms with Crippen molar-refractivity contribution in [1.29, 1.82) is 0 Å². The van der Waals surface area contributed by atoms with Crippen molar-refractivity contribution in [3.63, 3.8) is 0 Å². The van der Waals surface area contributed by atoms with Gasteiger partial charge in [-0.15, -0.1) is 5.56 Å². The zero-order valence-corrected chi connectivity index (χ0v) is 18.0. The summed E-state index contributed by atoms with van der Waals surface area (Å²) in [6.07, 6.45) is 0. The van der Waals surface area contributed by atoms with Crippen molar-refractivity contribution >= 4 is 5.69 Å². The Morgan fingerprint density at radius 1 is 0.750 bits per heavy atom. The van der Waals surface area contributed by atoms with Crippen molar-refractivity contribution in [3.05, 3.63) is 115 Å². The predicted molar refractivity (Wildman–Crippen MR) is 111 cm³/mol. The summed E-state index contributed by atoms with van der Waals surface area (Å²) in [4.78, 5) is 2.49. The second-order valence-electron chi connectivity index (χ2n) is 6.20. The van der Waals surface area contributed by atoms with E-state index >= 15 is 0 Å². The number of piperazine rings is 1. The third kappa shape index (κ3) is 7.67. The number of rotatable bonds is 2. The Morgan fingerprint density at radius 3 is 1.79 bits per heavy atom. The third-order valence-electron chi connectivity index (χ3n) is 4.40. The van der Waals surface area contributed by atoms with Crippen molar-refractivity contribution in [2.24, 2.45) is 0 Å². The van der Waals surface area contributed by atoms with E-state index in [1.807, 2.05) is 60.7 Å². The van der Waals surface area contributed by atoms with Gasteiger partial charge in [0.25, 0.3) is 0 Å². The van der Waals surface area contributed by atoms with Crippen LogP contribution in [0.2, 0.25) is 0 Å². The first kappa shape index (κ1) is 24.2. The van der Waals surface area contributed by atoms with Crippen molar-refractivity contribution in [2.75, 3.05) is 24.5 Å². The molecule has 28 heavy (non-hydrogen) atoms. The van der Waals surface area contributed by atoms with Crippen LogP contribution in [0, 0.1) is 0 Å². The number of nitrogens with one attached hydrogen (secondary N) is 1. The van der Waals surface area contributed by atoms with Crippen LogP contribution in [0.4, 0.5) is 5.69 Å². The molecule has 0 bridgehead atoms. The van der Waals surface area contributed by atoms with Gasteiger partial charge >= 0.3 is 0 Å². The SMILES string of the molecule is [Fe].[Fe].[cH-]1[cH-][cH-][cH-][cH-]1.c1cc[c-](C2CNCCN2[c-]2cccc2)c1.c1cc[cH-]c1. The van der Waals surface area contributed by atoms with Crippen LogP contribution >= 0.6 is 0 Å². The smallest absolute Gasteiger partial charge is 0.0182 e. The van der Waals surface area contributed by atoms with Gasteiger partial charge in [0.15, 0.2) is 0 Å². The summed E-state index contributed by atoms with van der Waals surface area (Å²) in [5.41, 5.74) is 2.75. The summed E-state index contributed by atoms with van der Waals surface area (Å²) in [5, 5.41) is 3.47. The molecule has 156 valence electrons. The fraction of sp³-hybridized carbons (Fsp3) is 0.167. The molecular weight excluding hydrogens is 428 g/mol. The first-order valence-corrected chi connectivity index (χ1v) is 9.19. The van der Waals surface area contributed by atoms with Crippen LogP contribution in [0.25, 0.3) is 0 Å². The normalized spacial score (nSPS) is 15.0. The van der Waals surface area contributed by atoms with Gasteiger partial charge in [-0.05, 0) is 0 Å². The van der Waals surface area contributed by atoms with Crippen LogP contribution in [0.1, 0.15) is 11.6 Å². The Kier molecular flexibility index (Phi) is 12.3. The van der Waals surface area contributed by atoms with Gasteiger partial charge in [0, 0.05) is 59.8 Å². The minimum atomic E-state index is 0. The summed E-state index contributed by atoms with van der Waals surface area (Å²) in [7, 11) is 0. The standard InChI is InChI=1S/C14H16N2.2C5H5.2Fe/c1-2-6-12(5-1)14-11-15-9-10-16(14)13-7-3-4-8-13;2*1-2-4-5-3-1;;/h1-8,14-15H,9-11H2;2*1-5H;;/q-2;-5;-1;;. The van der Waals surface area contributed by atoms with Gasteiger partial charge < -0.3 is 40.5 Å². The Morgan fingerprint density at radius 2 is 1.29 bits per heavy atom. The fourth-order valence-corrected chi connectivity index (χ4v) is 3.12. The van der Waals surface area contributed by atoms with Gasteiger partial charge in [-0.25, -0.2) is 36.4 Å². The summed E-state index contributed by atoms with van der Waals surface area (Å²) in [6, 6.07) is 37.8. The molecular formula is C24H26Fe2N2-8. The molecule has 1 saturated heterocycles. The van der Waals surface area contributed by atoms with Crippen molar-refractivity contribution in [1.82, 2.24) is 5.32 Å². The van der Waals surface area contributed by atoms with E-state index in [0.29, 0.717) is 6.04 Å². The van der Waals surface area contributed by atoms with E-state index in [4.69, 9.17) is 0 Å². The summed E-state index contributed by atoms with van der Waals surface area (Å²) in [6.45, 7) is 3.19. The zero-order chi connectivity index (χ0) is 17.9. The van der Waals surface area contributed by atoms with E-state index in [0.717, 1.165) is 19.6 Å². The van der Waals surface area contributed by atoms with Gasteiger partial charge in [-0.2, -0.15) is 42.5 Å². The first-order valence-electron chi connectivity index (χ1n) is 9.19. The molecule has 1 N–H and O–H groups in total. The largest absolute Gasteiger partial charge is 0.748 e. The van der Waals surface area contributed by atoms with Gasteiger partial charge in [0.2, 0.25) is 0 Å². The molecule has 1 aliphatic rings. The number of hydrogen-bond donors (Lipinski definition) is 1. The summed E-state index contributed by atoms with van der Waals surface area (Å²) < 4.78 is 0. The molecule has 4 aromatic carbocycles. The van der Waals surface area contributed by atoms with Crippen LogP contribution < -0.4 is 10.2 Å². The predicted octanol–water partition coefficient (Wildman–Crippen LogP) is 5.08. The fourth-order valence-electron chi connectivity index (χ4n) is 3.12. The molecule has 2 nitrogen and oxygen atoms in total. The second kappa shape index (κ2) is 14.2. The number of hydrogen-bond acceptors (Lipinski definition) is 2. The average molecular weight is 454 g/mol. The number of nitrogens with zero attached hydrogens (tertiary/aromatic N) is 1. The van der Waals surface area contributed by atoms with Gasteiger partial charge in [0.05, 0.1) is 0 Å².